The minimum absolute atomic E-state index is 0.0332. The van der Waals surface area contributed by atoms with Gasteiger partial charge in [-0.1, -0.05) is 6.92 Å². The Balaban J connectivity index is 2.25. The van der Waals surface area contributed by atoms with Gasteiger partial charge in [-0.05, 0) is 45.0 Å². The van der Waals surface area contributed by atoms with Gasteiger partial charge in [0.1, 0.15) is 5.25 Å². The zero-order valence-electron chi connectivity index (χ0n) is 10.6. The van der Waals surface area contributed by atoms with Gasteiger partial charge in [-0.15, -0.1) is 11.8 Å². The zero-order chi connectivity index (χ0) is 12.0. The summed E-state index contributed by atoms with van der Waals surface area (Å²) in [5.41, 5.74) is 0. The number of hydrogen-bond acceptors (Lipinski definition) is 4. The number of hydrogen-bond donors (Lipinski definition) is 0. The van der Waals surface area contributed by atoms with Crippen LogP contribution in [-0.2, 0) is 9.53 Å². The first-order chi connectivity index (χ1) is 7.67. The van der Waals surface area contributed by atoms with Gasteiger partial charge in [-0.25, -0.2) is 0 Å². The number of nitrogens with zero attached hydrogens (tertiary/aromatic N) is 1. The standard InChI is InChI=1S/C12H23NO2S/c1-4-11(12(14)15-5-2)16-9-10-6-7-13(3)8-10/h10-11H,4-9H2,1-3H3/t10-,11-/m1/s1. The molecule has 2 atom stereocenters. The van der Waals surface area contributed by atoms with Crippen LogP contribution in [0.1, 0.15) is 26.7 Å². The first-order valence-electron chi connectivity index (χ1n) is 6.14. The molecular weight excluding hydrogens is 222 g/mol. The summed E-state index contributed by atoms with van der Waals surface area (Å²) in [5, 5.41) is 0.0332. The lowest BCUT2D eigenvalue weighted by atomic mass is 10.2. The summed E-state index contributed by atoms with van der Waals surface area (Å²) in [6.45, 7) is 6.77. The lowest BCUT2D eigenvalue weighted by Gasteiger charge is -2.15. The molecule has 0 radical (unpaired) electrons. The van der Waals surface area contributed by atoms with Crippen LogP contribution in [0.4, 0.5) is 0 Å². The van der Waals surface area contributed by atoms with Crippen molar-refractivity contribution < 1.29 is 9.53 Å². The fraction of sp³-hybridized carbons (Fsp3) is 0.917. The van der Waals surface area contributed by atoms with Crippen LogP contribution in [0.2, 0.25) is 0 Å². The van der Waals surface area contributed by atoms with Gasteiger partial charge in [-0.2, -0.15) is 0 Å². The largest absolute Gasteiger partial charge is 0.465 e. The Morgan fingerprint density at radius 3 is 2.81 bits per heavy atom. The summed E-state index contributed by atoms with van der Waals surface area (Å²) < 4.78 is 5.06. The van der Waals surface area contributed by atoms with Crippen LogP contribution in [-0.4, -0.2) is 48.6 Å². The van der Waals surface area contributed by atoms with Gasteiger partial charge in [0.25, 0.3) is 0 Å². The molecule has 1 heterocycles. The summed E-state index contributed by atoms with van der Waals surface area (Å²) in [6.07, 6.45) is 2.13. The normalized spacial score (nSPS) is 23.3. The number of esters is 1. The van der Waals surface area contributed by atoms with Crippen LogP contribution in [0.3, 0.4) is 0 Å². The first-order valence-corrected chi connectivity index (χ1v) is 7.19. The van der Waals surface area contributed by atoms with Gasteiger partial charge in [-0.3, -0.25) is 4.79 Å². The van der Waals surface area contributed by atoms with Crippen molar-refractivity contribution in [1.82, 2.24) is 4.90 Å². The van der Waals surface area contributed by atoms with E-state index >= 15 is 0 Å². The van der Waals surface area contributed by atoms with Crippen molar-refractivity contribution in [3.05, 3.63) is 0 Å². The third-order valence-corrected chi connectivity index (χ3v) is 4.53. The Morgan fingerprint density at radius 2 is 2.31 bits per heavy atom. The van der Waals surface area contributed by atoms with Gasteiger partial charge in [0, 0.05) is 6.54 Å². The Bertz CT molecular complexity index is 223. The molecule has 0 N–H and O–H groups in total. The van der Waals surface area contributed by atoms with Gasteiger partial charge in [0.15, 0.2) is 0 Å². The van der Waals surface area contributed by atoms with E-state index in [0.717, 1.165) is 18.1 Å². The molecule has 1 fully saturated rings. The van der Waals surface area contributed by atoms with Crippen LogP contribution >= 0.6 is 11.8 Å². The zero-order valence-corrected chi connectivity index (χ0v) is 11.4. The number of thioether (sulfide) groups is 1. The quantitative estimate of drug-likeness (QED) is 0.670. The Labute approximate surface area is 103 Å². The van der Waals surface area contributed by atoms with Gasteiger partial charge in [0.05, 0.1) is 6.61 Å². The second-order valence-corrected chi connectivity index (χ2v) is 5.63. The van der Waals surface area contributed by atoms with Crippen molar-refractivity contribution in [2.24, 2.45) is 5.92 Å². The lowest BCUT2D eigenvalue weighted by molar-refractivity contribution is -0.142. The smallest absolute Gasteiger partial charge is 0.319 e. The number of ether oxygens (including phenoxy) is 1. The maximum absolute atomic E-state index is 11.6. The summed E-state index contributed by atoms with van der Waals surface area (Å²) in [4.78, 5) is 13.9. The Kier molecular flexibility index (Phi) is 6.21. The third-order valence-electron chi connectivity index (χ3n) is 2.94. The molecule has 1 aliphatic heterocycles. The second kappa shape index (κ2) is 7.17. The van der Waals surface area contributed by atoms with Crippen LogP contribution in [0, 0.1) is 5.92 Å². The SMILES string of the molecule is CCOC(=O)[C@@H](CC)SC[C@@H]1CCN(C)C1. The molecule has 0 aromatic rings. The molecule has 1 rings (SSSR count). The average Bonchev–Trinajstić information content (AvgIpc) is 2.65. The molecule has 0 unspecified atom stereocenters. The average molecular weight is 245 g/mol. The summed E-state index contributed by atoms with van der Waals surface area (Å²) in [5.74, 6) is 1.79. The molecule has 0 saturated carbocycles. The van der Waals surface area contributed by atoms with Crippen molar-refractivity contribution >= 4 is 17.7 Å². The fourth-order valence-corrected chi connectivity index (χ4v) is 3.22. The molecule has 3 nitrogen and oxygen atoms in total. The number of carbonyl (C=O) groups excluding carboxylic acids is 1. The third kappa shape index (κ3) is 4.34. The second-order valence-electron chi connectivity index (χ2n) is 4.40. The van der Waals surface area contributed by atoms with Crippen LogP contribution in [0.25, 0.3) is 0 Å². The molecule has 94 valence electrons. The molecule has 1 aliphatic rings. The Morgan fingerprint density at radius 1 is 1.56 bits per heavy atom. The maximum Gasteiger partial charge on any atom is 0.319 e. The van der Waals surface area contributed by atoms with E-state index in [1.165, 1.54) is 19.5 Å². The van der Waals surface area contributed by atoms with Crippen molar-refractivity contribution in [2.45, 2.75) is 31.9 Å². The molecule has 0 spiro atoms. The van der Waals surface area contributed by atoms with Gasteiger partial charge in [0.2, 0.25) is 0 Å². The predicted molar refractivity (Wildman–Crippen MR) is 68.8 cm³/mol. The highest BCUT2D eigenvalue weighted by Crippen LogP contribution is 2.24. The van der Waals surface area contributed by atoms with E-state index in [1.807, 2.05) is 6.92 Å². The highest BCUT2D eigenvalue weighted by atomic mass is 32.2. The molecule has 1 saturated heterocycles. The topological polar surface area (TPSA) is 29.5 Å². The molecule has 16 heavy (non-hydrogen) atoms. The molecule has 0 amide bonds. The van der Waals surface area contributed by atoms with E-state index in [1.54, 1.807) is 11.8 Å². The minimum atomic E-state index is -0.0404. The highest BCUT2D eigenvalue weighted by Gasteiger charge is 2.23. The van der Waals surface area contributed by atoms with Gasteiger partial charge >= 0.3 is 5.97 Å². The van der Waals surface area contributed by atoms with E-state index < -0.39 is 0 Å². The van der Waals surface area contributed by atoms with Crippen LogP contribution in [0.15, 0.2) is 0 Å². The molecule has 0 aromatic carbocycles. The van der Waals surface area contributed by atoms with E-state index in [9.17, 15) is 4.79 Å². The van der Waals surface area contributed by atoms with E-state index in [4.69, 9.17) is 4.74 Å². The monoisotopic (exact) mass is 245 g/mol. The summed E-state index contributed by atoms with van der Waals surface area (Å²) >= 11 is 1.77. The van der Waals surface area contributed by atoms with Crippen LogP contribution < -0.4 is 0 Å². The fourth-order valence-electron chi connectivity index (χ4n) is 2.00. The van der Waals surface area contributed by atoms with Crippen molar-refractivity contribution in [1.29, 1.82) is 0 Å². The molecule has 0 aromatic heterocycles. The number of likely N-dealkylation sites (tertiary alicyclic amines) is 1. The molecule has 4 heteroatoms. The van der Waals surface area contributed by atoms with E-state index in [2.05, 4.69) is 18.9 Å². The van der Waals surface area contributed by atoms with E-state index in [0.29, 0.717) is 6.61 Å². The van der Waals surface area contributed by atoms with Crippen molar-refractivity contribution in [3.63, 3.8) is 0 Å². The summed E-state index contributed by atoms with van der Waals surface area (Å²) in [7, 11) is 2.16. The lowest BCUT2D eigenvalue weighted by Crippen LogP contribution is -2.22. The predicted octanol–water partition coefficient (Wildman–Crippen LogP) is 2.01. The number of carbonyl (C=O) groups is 1. The molecule has 0 bridgehead atoms. The Hall–Kier alpha value is -0.220. The first kappa shape index (κ1) is 13.8. The van der Waals surface area contributed by atoms with Crippen LogP contribution in [0.5, 0.6) is 0 Å². The molecule has 0 aliphatic carbocycles. The maximum atomic E-state index is 11.6. The molecular formula is C12H23NO2S. The van der Waals surface area contributed by atoms with Crippen molar-refractivity contribution in [3.8, 4) is 0 Å². The number of rotatable bonds is 6. The highest BCUT2D eigenvalue weighted by molar-refractivity contribution is 8.00. The minimum Gasteiger partial charge on any atom is -0.465 e. The van der Waals surface area contributed by atoms with E-state index in [-0.39, 0.29) is 11.2 Å². The van der Waals surface area contributed by atoms with Crippen molar-refractivity contribution in [2.75, 3.05) is 32.5 Å². The van der Waals surface area contributed by atoms with Gasteiger partial charge < -0.3 is 9.64 Å². The summed E-state index contributed by atoms with van der Waals surface area (Å²) in [6, 6.07) is 0.